The Hall–Kier alpha value is -1.65. The van der Waals surface area contributed by atoms with E-state index < -0.39 is 12.1 Å². The van der Waals surface area contributed by atoms with Crippen LogP contribution in [0, 0.1) is 5.92 Å². The number of carbonyl (C=O) groups is 1. The average Bonchev–Trinajstić information content (AvgIpc) is 3.22. The number of carboxylic acids is 1. The lowest BCUT2D eigenvalue weighted by atomic mass is 9.84. The Balaban J connectivity index is 0.000000345. The van der Waals surface area contributed by atoms with E-state index in [1.54, 1.807) is 7.11 Å². The summed E-state index contributed by atoms with van der Waals surface area (Å²) in [6, 6.07) is 0. The van der Waals surface area contributed by atoms with Gasteiger partial charge in [0.1, 0.15) is 5.82 Å². The van der Waals surface area contributed by atoms with E-state index in [1.807, 2.05) is 12.4 Å². The van der Waals surface area contributed by atoms with E-state index in [1.165, 1.54) is 6.42 Å². The van der Waals surface area contributed by atoms with Crippen LogP contribution in [-0.2, 0) is 27.9 Å². The Bertz CT molecular complexity index is 628. The smallest absolute Gasteiger partial charge is 0.475 e. The lowest BCUT2D eigenvalue weighted by Crippen LogP contribution is -2.44. The number of aryl methyl sites for hydroxylation is 1. The molecular formula is C18H28F3N3O4. The predicted octanol–water partition coefficient (Wildman–Crippen LogP) is 2.46. The molecule has 2 fully saturated rings. The number of imidazole rings is 1. The highest BCUT2D eigenvalue weighted by Gasteiger charge is 2.42. The highest BCUT2D eigenvalue weighted by atomic mass is 19.4. The van der Waals surface area contributed by atoms with Crippen LogP contribution in [0.3, 0.4) is 0 Å². The molecule has 1 aromatic rings. The third-order valence-corrected chi connectivity index (χ3v) is 5.31. The van der Waals surface area contributed by atoms with E-state index in [-0.39, 0.29) is 5.60 Å². The highest BCUT2D eigenvalue weighted by Crippen LogP contribution is 2.39. The zero-order valence-corrected chi connectivity index (χ0v) is 16.2. The molecule has 10 heteroatoms. The van der Waals surface area contributed by atoms with Crippen LogP contribution in [-0.4, -0.2) is 70.7 Å². The number of ether oxygens (including phenoxy) is 2. The number of hydrogen-bond acceptors (Lipinski definition) is 5. The lowest BCUT2D eigenvalue weighted by molar-refractivity contribution is -0.192. The minimum atomic E-state index is -5.08. The summed E-state index contributed by atoms with van der Waals surface area (Å²) in [6.07, 6.45) is 3.46. The molecule has 1 spiro atoms. The number of aliphatic carboxylic acids is 1. The molecule has 160 valence electrons. The normalized spacial score (nSPS) is 22.1. The predicted molar refractivity (Wildman–Crippen MR) is 94.7 cm³/mol. The van der Waals surface area contributed by atoms with E-state index in [0.29, 0.717) is 5.92 Å². The highest BCUT2D eigenvalue weighted by molar-refractivity contribution is 5.73. The first-order chi connectivity index (χ1) is 13.1. The fourth-order valence-electron chi connectivity index (χ4n) is 3.62. The number of alkyl halides is 3. The first kappa shape index (κ1) is 22.6. The number of nitrogens with zero attached hydrogens (tertiary/aromatic N) is 3. The van der Waals surface area contributed by atoms with Gasteiger partial charge in [0.15, 0.2) is 0 Å². The summed E-state index contributed by atoms with van der Waals surface area (Å²) in [5.41, 5.74) is 0.149. The van der Waals surface area contributed by atoms with Crippen molar-refractivity contribution in [3.63, 3.8) is 0 Å². The maximum absolute atomic E-state index is 10.6. The summed E-state index contributed by atoms with van der Waals surface area (Å²) in [5.74, 6) is -0.921. The number of hydrogen-bond donors (Lipinski definition) is 1. The third kappa shape index (κ3) is 6.46. The van der Waals surface area contributed by atoms with Crippen LogP contribution in [0.15, 0.2) is 12.4 Å². The van der Waals surface area contributed by atoms with E-state index in [9.17, 15) is 13.2 Å². The first-order valence-electron chi connectivity index (χ1n) is 9.27. The van der Waals surface area contributed by atoms with Crippen LogP contribution in [0.1, 0.15) is 31.5 Å². The van der Waals surface area contributed by atoms with Gasteiger partial charge in [0.05, 0.1) is 18.8 Å². The van der Waals surface area contributed by atoms with Crippen LogP contribution in [0.4, 0.5) is 13.2 Å². The monoisotopic (exact) mass is 407 g/mol. The van der Waals surface area contributed by atoms with Crippen LogP contribution in [0.25, 0.3) is 0 Å². The van der Waals surface area contributed by atoms with Gasteiger partial charge in [0.2, 0.25) is 0 Å². The molecule has 3 rings (SSSR count). The van der Waals surface area contributed by atoms with Gasteiger partial charge in [-0.25, -0.2) is 9.78 Å². The van der Waals surface area contributed by atoms with Crippen molar-refractivity contribution in [3.05, 3.63) is 18.2 Å². The molecule has 0 amide bonds. The Morgan fingerprint density at radius 3 is 2.57 bits per heavy atom. The summed E-state index contributed by atoms with van der Waals surface area (Å²) < 4.78 is 45.2. The summed E-state index contributed by atoms with van der Waals surface area (Å²) in [6.45, 7) is 4.96. The molecule has 0 aliphatic carbocycles. The molecule has 28 heavy (non-hydrogen) atoms. The van der Waals surface area contributed by atoms with Crippen molar-refractivity contribution in [2.75, 3.05) is 33.4 Å². The van der Waals surface area contributed by atoms with Crippen molar-refractivity contribution in [2.45, 2.75) is 44.0 Å². The second-order valence-corrected chi connectivity index (χ2v) is 7.38. The summed E-state index contributed by atoms with van der Waals surface area (Å²) in [4.78, 5) is 15.8. The van der Waals surface area contributed by atoms with Crippen LogP contribution < -0.4 is 0 Å². The number of likely N-dealkylation sites (tertiary alicyclic amines) is 1. The lowest BCUT2D eigenvalue weighted by Gasteiger charge is -2.38. The molecule has 0 radical (unpaired) electrons. The number of rotatable bonds is 5. The number of halogens is 3. The molecule has 0 aromatic carbocycles. The van der Waals surface area contributed by atoms with Crippen molar-refractivity contribution in [1.82, 2.24) is 14.5 Å². The Kier molecular flexibility index (Phi) is 7.85. The van der Waals surface area contributed by atoms with Crippen molar-refractivity contribution in [3.8, 4) is 0 Å². The van der Waals surface area contributed by atoms with E-state index in [2.05, 4.69) is 21.5 Å². The molecular weight excluding hydrogens is 379 g/mol. The molecule has 1 atom stereocenters. The van der Waals surface area contributed by atoms with Gasteiger partial charge in [-0.3, -0.25) is 4.90 Å². The second kappa shape index (κ2) is 9.71. The van der Waals surface area contributed by atoms with Gasteiger partial charge in [-0.05, 0) is 31.6 Å². The van der Waals surface area contributed by atoms with E-state index in [4.69, 9.17) is 19.4 Å². The number of methoxy groups -OCH3 is 1. The Labute approximate surface area is 162 Å². The third-order valence-electron chi connectivity index (χ3n) is 5.31. The molecule has 1 N–H and O–H groups in total. The SMILES string of the molecule is COCCC1COC2(CCN(Cc3nccn3C)CC2)C1.O=C(O)C(F)(F)F. The zero-order valence-electron chi connectivity index (χ0n) is 16.2. The molecule has 2 aliphatic rings. The molecule has 0 saturated carbocycles. The van der Waals surface area contributed by atoms with Gasteiger partial charge in [-0.15, -0.1) is 0 Å². The number of carboxylic acid groups (broad SMARTS) is 1. The van der Waals surface area contributed by atoms with Crippen LogP contribution >= 0.6 is 0 Å². The summed E-state index contributed by atoms with van der Waals surface area (Å²) >= 11 is 0. The van der Waals surface area contributed by atoms with E-state index in [0.717, 1.165) is 57.9 Å². The molecule has 2 aliphatic heterocycles. The van der Waals surface area contributed by atoms with Crippen LogP contribution in [0.5, 0.6) is 0 Å². The van der Waals surface area contributed by atoms with Gasteiger partial charge in [-0.2, -0.15) is 13.2 Å². The van der Waals surface area contributed by atoms with Crippen LogP contribution in [0.2, 0.25) is 0 Å². The topological polar surface area (TPSA) is 76.8 Å². The van der Waals surface area contributed by atoms with Gasteiger partial charge in [0.25, 0.3) is 0 Å². The van der Waals surface area contributed by atoms with Crippen molar-refractivity contribution >= 4 is 5.97 Å². The fraction of sp³-hybridized carbons (Fsp3) is 0.778. The minimum Gasteiger partial charge on any atom is -0.475 e. The molecule has 2 saturated heterocycles. The van der Waals surface area contributed by atoms with Gasteiger partial charge in [-0.1, -0.05) is 0 Å². The van der Waals surface area contributed by atoms with E-state index >= 15 is 0 Å². The number of aromatic nitrogens is 2. The molecule has 0 bridgehead atoms. The Morgan fingerprint density at radius 2 is 2.07 bits per heavy atom. The maximum atomic E-state index is 10.6. The maximum Gasteiger partial charge on any atom is 0.490 e. The first-order valence-corrected chi connectivity index (χ1v) is 9.27. The van der Waals surface area contributed by atoms with Gasteiger partial charge >= 0.3 is 12.1 Å². The Morgan fingerprint density at radius 1 is 1.43 bits per heavy atom. The van der Waals surface area contributed by atoms with Crippen molar-refractivity contribution in [1.29, 1.82) is 0 Å². The summed E-state index contributed by atoms with van der Waals surface area (Å²) in [5, 5.41) is 7.12. The number of piperidine rings is 1. The van der Waals surface area contributed by atoms with Gasteiger partial charge in [0, 0.05) is 46.2 Å². The summed E-state index contributed by atoms with van der Waals surface area (Å²) in [7, 11) is 3.84. The van der Waals surface area contributed by atoms with Crippen molar-refractivity contribution in [2.24, 2.45) is 13.0 Å². The fourth-order valence-corrected chi connectivity index (χ4v) is 3.62. The molecule has 3 heterocycles. The van der Waals surface area contributed by atoms with Gasteiger partial charge < -0.3 is 19.1 Å². The zero-order chi connectivity index (χ0) is 20.8. The standard InChI is InChI=1S/C16H27N3O2.C2HF3O2/c1-18-9-6-17-15(18)12-19-7-4-16(5-8-19)11-14(13-21-16)3-10-20-2;3-2(4,5)1(6)7/h6,9,14H,3-5,7-8,10-13H2,1-2H3;(H,6,7). The van der Waals surface area contributed by atoms with Crippen molar-refractivity contribution < 1.29 is 32.5 Å². The minimum absolute atomic E-state index is 0.149. The molecule has 1 aromatic heterocycles. The second-order valence-electron chi connectivity index (χ2n) is 7.38. The quantitative estimate of drug-likeness (QED) is 0.808. The molecule has 7 nitrogen and oxygen atoms in total. The largest absolute Gasteiger partial charge is 0.490 e. The average molecular weight is 407 g/mol. The molecule has 1 unspecified atom stereocenters.